The van der Waals surface area contributed by atoms with Crippen LogP contribution in [0.15, 0.2) is 11.2 Å². The van der Waals surface area contributed by atoms with Crippen molar-refractivity contribution < 1.29 is 4.79 Å². The van der Waals surface area contributed by atoms with Crippen LogP contribution in [0.1, 0.15) is 6.42 Å². The van der Waals surface area contributed by atoms with Crippen molar-refractivity contribution in [3.63, 3.8) is 0 Å². The molecule has 1 fully saturated rings. The Kier molecular flexibility index (Phi) is 3.90. The number of carbonyl (C=O) groups is 1. The largest absolute Gasteiger partial charge is 0.383 e. The molecule has 0 saturated carbocycles. The van der Waals surface area contributed by atoms with Crippen LogP contribution in [-0.4, -0.2) is 53.7 Å². The minimum atomic E-state index is 0.107. The van der Waals surface area contributed by atoms with Crippen LogP contribution in [0.2, 0.25) is 0 Å². The maximum atomic E-state index is 11.8. The molecular weight excluding hydrogens is 250 g/mol. The third-order valence-electron chi connectivity index (χ3n) is 2.89. The van der Waals surface area contributed by atoms with Crippen molar-refractivity contribution in [3.8, 4) is 0 Å². The Balaban J connectivity index is 2.24. The Morgan fingerprint density at radius 1 is 1.39 bits per heavy atom. The van der Waals surface area contributed by atoms with E-state index in [1.807, 2.05) is 18.2 Å². The molecule has 2 rings (SSSR count). The van der Waals surface area contributed by atoms with E-state index in [2.05, 4.69) is 9.97 Å². The predicted octanol–water partition coefficient (Wildman–Crippen LogP) is 0.449. The smallest absolute Gasteiger partial charge is 0.241 e. The van der Waals surface area contributed by atoms with E-state index >= 15 is 0 Å². The summed E-state index contributed by atoms with van der Waals surface area (Å²) in [6.07, 6.45) is 2.83. The molecule has 1 aliphatic rings. The van der Waals surface area contributed by atoms with Crippen LogP contribution in [0.4, 0.5) is 11.6 Å². The Morgan fingerprint density at radius 2 is 2.17 bits per heavy atom. The van der Waals surface area contributed by atoms with Gasteiger partial charge in [0.25, 0.3) is 0 Å². The Hall–Kier alpha value is -1.50. The number of thioether (sulfide) groups is 1. The fraction of sp³-hybridized carbons (Fsp3) is 0.545. The highest BCUT2D eigenvalue weighted by molar-refractivity contribution is 7.98. The van der Waals surface area contributed by atoms with Gasteiger partial charge in [-0.3, -0.25) is 4.79 Å². The molecule has 0 atom stereocenters. The molecule has 0 spiro atoms. The zero-order valence-corrected chi connectivity index (χ0v) is 11.4. The first-order valence-corrected chi connectivity index (χ1v) is 7.00. The number of hydrogen-bond donors (Lipinski definition) is 1. The van der Waals surface area contributed by atoms with Crippen molar-refractivity contribution in [1.82, 2.24) is 14.9 Å². The molecule has 1 aromatic rings. The average Bonchev–Trinajstić information content (AvgIpc) is 2.51. The number of anilines is 2. The lowest BCUT2D eigenvalue weighted by molar-refractivity contribution is -0.127. The van der Waals surface area contributed by atoms with Crippen molar-refractivity contribution >= 4 is 29.3 Å². The van der Waals surface area contributed by atoms with E-state index < -0.39 is 0 Å². The number of nitrogens with zero attached hydrogens (tertiary/aromatic N) is 4. The van der Waals surface area contributed by atoms with Gasteiger partial charge in [-0.2, -0.15) is 0 Å². The summed E-state index contributed by atoms with van der Waals surface area (Å²) in [7, 11) is 1.83. The van der Waals surface area contributed by atoms with Crippen molar-refractivity contribution in [2.75, 3.05) is 43.6 Å². The molecule has 0 aliphatic carbocycles. The van der Waals surface area contributed by atoms with Gasteiger partial charge in [-0.05, 0) is 12.7 Å². The van der Waals surface area contributed by atoms with E-state index in [1.54, 1.807) is 11.0 Å². The fourth-order valence-corrected chi connectivity index (χ4v) is 2.25. The lowest BCUT2D eigenvalue weighted by Gasteiger charge is -2.21. The highest BCUT2D eigenvalue weighted by Crippen LogP contribution is 2.20. The first-order valence-electron chi connectivity index (χ1n) is 5.77. The van der Waals surface area contributed by atoms with Crippen LogP contribution in [0, 0.1) is 0 Å². The summed E-state index contributed by atoms with van der Waals surface area (Å²) in [5.41, 5.74) is 5.76. The molecule has 1 aliphatic heterocycles. The summed E-state index contributed by atoms with van der Waals surface area (Å²) >= 11 is 1.44. The molecule has 18 heavy (non-hydrogen) atoms. The lowest BCUT2D eigenvalue weighted by Crippen LogP contribution is -2.34. The number of nitrogen functional groups attached to an aromatic ring is 1. The first-order chi connectivity index (χ1) is 8.60. The topological polar surface area (TPSA) is 75.3 Å². The molecule has 98 valence electrons. The second kappa shape index (κ2) is 5.43. The second-order valence-corrected chi connectivity index (χ2v) is 5.00. The number of likely N-dealkylation sites (N-methyl/N-ethyl adjacent to an activating group) is 1. The Bertz CT molecular complexity index is 453. The highest BCUT2D eigenvalue weighted by atomic mass is 32.2. The average molecular weight is 267 g/mol. The van der Waals surface area contributed by atoms with Gasteiger partial charge in [0.1, 0.15) is 11.6 Å². The Morgan fingerprint density at radius 3 is 2.89 bits per heavy atom. The quantitative estimate of drug-likeness (QED) is 0.619. The van der Waals surface area contributed by atoms with Gasteiger partial charge in [0.05, 0.1) is 6.54 Å². The van der Waals surface area contributed by atoms with Gasteiger partial charge in [0.15, 0.2) is 5.16 Å². The number of aromatic nitrogens is 2. The normalized spacial score (nSPS) is 16.9. The molecule has 0 bridgehead atoms. The van der Waals surface area contributed by atoms with Crippen LogP contribution < -0.4 is 10.6 Å². The van der Waals surface area contributed by atoms with Gasteiger partial charge in [-0.25, -0.2) is 9.97 Å². The highest BCUT2D eigenvalue weighted by Gasteiger charge is 2.20. The van der Waals surface area contributed by atoms with Crippen molar-refractivity contribution in [2.45, 2.75) is 11.6 Å². The van der Waals surface area contributed by atoms with Crippen LogP contribution >= 0.6 is 11.8 Å². The maximum Gasteiger partial charge on any atom is 0.241 e. The minimum absolute atomic E-state index is 0.107. The fourth-order valence-electron chi connectivity index (χ4n) is 1.87. The summed E-state index contributed by atoms with van der Waals surface area (Å²) in [4.78, 5) is 24.1. The molecule has 2 N–H and O–H groups in total. The van der Waals surface area contributed by atoms with Crippen LogP contribution in [0.25, 0.3) is 0 Å². The third-order valence-corrected chi connectivity index (χ3v) is 3.44. The van der Waals surface area contributed by atoms with Crippen LogP contribution in [0.5, 0.6) is 0 Å². The van der Waals surface area contributed by atoms with Crippen molar-refractivity contribution in [1.29, 1.82) is 0 Å². The molecular formula is C11H17N5OS. The van der Waals surface area contributed by atoms with Crippen molar-refractivity contribution in [2.24, 2.45) is 0 Å². The third kappa shape index (κ3) is 2.84. The molecule has 2 heterocycles. The van der Waals surface area contributed by atoms with E-state index in [0.717, 1.165) is 25.3 Å². The summed E-state index contributed by atoms with van der Waals surface area (Å²) in [6, 6.07) is 1.72. The zero-order chi connectivity index (χ0) is 13.1. The molecule has 0 radical (unpaired) electrons. The van der Waals surface area contributed by atoms with E-state index in [0.29, 0.717) is 17.5 Å². The van der Waals surface area contributed by atoms with Gasteiger partial charge in [0, 0.05) is 26.2 Å². The molecule has 6 nitrogen and oxygen atoms in total. The minimum Gasteiger partial charge on any atom is -0.383 e. The van der Waals surface area contributed by atoms with Crippen LogP contribution in [0.3, 0.4) is 0 Å². The van der Waals surface area contributed by atoms with E-state index in [1.165, 1.54) is 11.8 Å². The molecule has 0 aromatic carbocycles. The second-order valence-electron chi connectivity index (χ2n) is 4.23. The molecule has 1 amide bonds. The first kappa shape index (κ1) is 12.9. The SMILES string of the molecule is CSc1nc(N)cc(N2CCCN(C)C(=O)C2)n1. The van der Waals surface area contributed by atoms with E-state index in [9.17, 15) is 4.79 Å². The van der Waals surface area contributed by atoms with Gasteiger partial charge in [-0.15, -0.1) is 0 Å². The van der Waals surface area contributed by atoms with E-state index in [4.69, 9.17) is 5.73 Å². The number of carbonyl (C=O) groups excluding carboxylic acids is 1. The monoisotopic (exact) mass is 267 g/mol. The van der Waals surface area contributed by atoms with Crippen molar-refractivity contribution in [3.05, 3.63) is 6.07 Å². The van der Waals surface area contributed by atoms with Crippen LogP contribution in [-0.2, 0) is 4.79 Å². The summed E-state index contributed by atoms with van der Waals surface area (Å²) in [6.45, 7) is 1.94. The van der Waals surface area contributed by atoms with E-state index in [-0.39, 0.29) is 5.91 Å². The molecule has 1 aromatic heterocycles. The maximum absolute atomic E-state index is 11.8. The predicted molar refractivity (Wildman–Crippen MR) is 72.7 cm³/mol. The zero-order valence-electron chi connectivity index (χ0n) is 10.6. The summed E-state index contributed by atoms with van der Waals surface area (Å²) in [5.74, 6) is 1.28. The standard InChI is InChI=1S/C11H17N5OS/c1-15-4-3-5-16(7-10(15)17)9-6-8(12)13-11(14-9)18-2/h6H,3-5,7H2,1-2H3,(H2,12,13,14). The van der Waals surface area contributed by atoms with Gasteiger partial charge >= 0.3 is 0 Å². The van der Waals surface area contributed by atoms with Gasteiger partial charge in [0.2, 0.25) is 5.91 Å². The lowest BCUT2D eigenvalue weighted by atomic mass is 10.4. The summed E-state index contributed by atoms with van der Waals surface area (Å²) in [5, 5.41) is 0.634. The molecule has 0 unspecified atom stereocenters. The number of nitrogens with two attached hydrogens (primary N) is 1. The number of amides is 1. The Labute approximate surface area is 111 Å². The number of hydrogen-bond acceptors (Lipinski definition) is 6. The molecule has 1 saturated heterocycles. The molecule has 7 heteroatoms. The number of rotatable bonds is 2. The van der Waals surface area contributed by atoms with Gasteiger partial charge < -0.3 is 15.5 Å². The summed E-state index contributed by atoms with van der Waals surface area (Å²) < 4.78 is 0. The van der Waals surface area contributed by atoms with Gasteiger partial charge in [-0.1, -0.05) is 11.8 Å².